The third kappa shape index (κ3) is 3.55. The summed E-state index contributed by atoms with van der Waals surface area (Å²) in [4.78, 5) is 4.37. The maximum absolute atomic E-state index is 5.14. The number of hydrogen-bond acceptors (Lipinski definition) is 3. The van der Waals surface area contributed by atoms with E-state index in [9.17, 15) is 0 Å². The van der Waals surface area contributed by atoms with Gasteiger partial charge >= 0.3 is 0 Å². The summed E-state index contributed by atoms with van der Waals surface area (Å²) in [5.74, 6) is 0.838. The number of hydrogen-bond donors (Lipinski definition) is 1. The van der Waals surface area contributed by atoms with Gasteiger partial charge in [-0.1, -0.05) is 18.2 Å². The average molecular weight is 321 g/mol. The monoisotopic (exact) mass is 320 g/mol. The fourth-order valence-corrected chi connectivity index (χ4v) is 2.16. The van der Waals surface area contributed by atoms with Crippen LogP contribution in [0.3, 0.4) is 0 Å². The molecule has 0 radical (unpaired) electrons. The molecule has 0 fully saturated rings. The molecule has 1 aromatic carbocycles. The molecule has 2 rings (SSSR count). The Kier molecular flexibility index (Phi) is 4.93. The molecule has 0 aliphatic heterocycles. The van der Waals surface area contributed by atoms with Crippen LogP contribution in [0.15, 0.2) is 41.0 Å². The van der Waals surface area contributed by atoms with Gasteiger partial charge in [-0.2, -0.15) is 0 Å². The van der Waals surface area contributed by atoms with Gasteiger partial charge in [0.2, 0.25) is 0 Å². The number of aromatic nitrogens is 1. The SMILES string of the molecule is COCCc1ccccc1Nc1nccc(C)c1Br. The third-order valence-corrected chi connectivity index (χ3v) is 3.93. The van der Waals surface area contributed by atoms with Crippen LogP contribution in [0.5, 0.6) is 0 Å². The molecular weight excluding hydrogens is 304 g/mol. The number of benzene rings is 1. The van der Waals surface area contributed by atoms with Crippen molar-refractivity contribution in [1.82, 2.24) is 4.98 Å². The molecular formula is C15H17BrN2O. The normalized spacial score (nSPS) is 10.5. The number of nitrogens with one attached hydrogen (secondary N) is 1. The van der Waals surface area contributed by atoms with Gasteiger partial charge in [0.25, 0.3) is 0 Å². The molecule has 1 heterocycles. The van der Waals surface area contributed by atoms with Gasteiger partial charge in [-0.3, -0.25) is 0 Å². The summed E-state index contributed by atoms with van der Waals surface area (Å²) in [6, 6.07) is 10.2. The van der Waals surface area contributed by atoms with Gasteiger partial charge in [-0.25, -0.2) is 4.98 Å². The zero-order valence-corrected chi connectivity index (χ0v) is 12.7. The molecule has 0 aliphatic carbocycles. The van der Waals surface area contributed by atoms with E-state index in [-0.39, 0.29) is 0 Å². The summed E-state index contributed by atoms with van der Waals surface area (Å²) >= 11 is 3.57. The first-order chi connectivity index (χ1) is 9.22. The molecule has 3 nitrogen and oxygen atoms in total. The lowest BCUT2D eigenvalue weighted by Crippen LogP contribution is -2.02. The van der Waals surface area contributed by atoms with Crippen LogP contribution in [-0.2, 0) is 11.2 Å². The van der Waals surface area contributed by atoms with Gasteiger partial charge in [-0.05, 0) is 52.5 Å². The number of para-hydroxylation sites is 1. The number of aryl methyl sites for hydroxylation is 1. The van der Waals surface area contributed by atoms with Crippen molar-refractivity contribution in [2.45, 2.75) is 13.3 Å². The quantitative estimate of drug-likeness (QED) is 0.901. The summed E-state index contributed by atoms with van der Waals surface area (Å²) in [6.45, 7) is 2.76. The topological polar surface area (TPSA) is 34.1 Å². The fourth-order valence-electron chi connectivity index (χ4n) is 1.83. The molecule has 2 aromatic rings. The second kappa shape index (κ2) is 6.68. The molecule has 100 valence electrons. The van der Waals surface area contributed by atoms with Crippen molar-refractivity contribution in [2.24, 2.45) is 0 Å². The molecule has 19 heavy (non-hydrogen) atoms. The summed E-state index contributed by atoms with van der Waals surface area (Å²) in [6.07, 6.45) is 2.68. The summed E-state index contributed by atoms with van der Waals surface area (Å²) < 4.78 is 6.14. The number of rotatable bonds is 5. The second-order valence-corrected chi connectivity index (χ2v) is 5.11. The number of pyridine rings is 1. The highest BCUT2D eigenvalue weighted by atomic mass is 79.9. The van der Waals surface area contributed by atoms with E-state index in [4.69, 9.17) is 4.74 Å². The van der Waals surface area contributed by atoms with Crippen LogP contribution in [0.2, 0.25) is 0 Å². The molecule has 0 saturated heterocycles. The molecule has 1 N–H and O–H groups in total. The summed E-state index contributed by atoms with van der Waals surface area (Å²) in [7, 11) is 1.72. The lowest BCUT2D eigenvalue weighted by Gasteiger charge is -2.13. The minimum Gasteiger partial charge on any atom is -0.384 e. The fraction of sp³-hybridized carbons (Fsp3) is 0.267. The maximum atomic E-state index is 5.14. The van der Waals surface area contributed by atoms with Crippen LogP contribution in [0, 0.1) is 6.92 Å². The van der Waals surface area contributed by atoms with E-state index in [0.717, 1.165) is 28.0 Å². The Morgan fingerprint density at radius 1 is 1.26 bits per heavy atom. The Labute approximate surface area is 122 Å². The van der Waals surface area contributed by atoms with Crippen molar-refractivity contribution < 1.29 is 4.74 Å². The third-order valence-electron chi connectivity index (χ3n) is 2.93. The number of halogens is 1. The van der Waals surface area contributed by atoms with Crippen molar-refractivity contribution in [3.8, 4) is 0 Å². The van der Waals surface area contributed by atoms with E-state index in [1.54, 1.807) is 13.3 Å². The smallest absolute Gasteiger partial charge is 0.144 e. The molecule has 0 atom stereocenters. The average Bonchev–Trinajstić information content (AvgIpc) is 2.43. The minimum atomic E-state index is 0.709. The zero-order valence-electron chi connectivity index (χ0n) is 11.1. The first kappa shape index (κ1) is 14.0. The molecule has 0 spiro atoms. The molecule has 0 aliphatic rings. The van der Waals surface area contributed by atoms with E-state index in [0.29, 0.717) is 6.61 Å². The maximum Gasteiger partial charge on any atom is 0.144 e. The Balaban J connectivity index is 2.25. The molecule has 0 unspecified atom stereocenters. The minimum absolute atomic E-state index is 0.709. The van der Waals surface area contributed by atoms with Crippen molar-refractivity contribution in [3.63, 3.8) is 0 Å². The van der Waals surface area contributed by atoms with Gasteiger partial charge in [0, 0.05) is 19.0 Å². The van der Waals surface area contributed by atoms with Crippen LogP contribution in [-0.4, -0.2) is 18.7 Å². The van der Waals surface area contributed by atoms with Gasteiger partial charge < -0.3 is 10.1 Å². The number of nitrogens with zero attached hydrogens (tertiary/aromatic N) is 1. The van der Waals surface area contributed by atoms with Crippen molar-refractivity contribution in [3.05, 3.63) is 52.1 Å². The van der Waals surface area contributed by atoms with Gasteiger partial charge in [-0.15, -0.1) is 0 Å². The highest BCUT2D eigenvalue weighted by Crippen LogP contribution is 2.28. The molecule has 4 heteroatoms. The predicted octanol–water partition coefficient (Wildman–Crippen LogP) is 4.09. The first-order valence-electron chi connectivity index (χ1n) is 6.17. The van der Waals surface area contributed by atoms with Crippen LogP contribution < -0.4 is 5.32 Å². The van der Waals surface area contributed by atoms with Gasteiger partial charge in [0.15, 0.2) is 0 Å². The van der Waals surface area contributed by atoms with E-state index >= 15 is 0 Å². The van der Waals surface area contributed by atoms with Crippen LogP contribution in [0.25, 0.3) is 0 Å². The standard InChI is InChI=1S/C15H17BrN2O/c1-11-7-9-17-15(14(11)16)18-13-6-4-3-5-12(13)8-10-19-2/h3-7,9H,8,10H2,1-2H3,(H,17,18). The highest BCUT2D eigenvalue weighted by molar-refractivity contribution is 9.10. The summed E-state index contributed by atoms with van der Waals surface area (Å²) in [5, 5.41) is 3.38. The molecule has 0 saturated carbocycles. The Hall–Kier alpha value is -1.39. The van der Waals surface area contributed by atoms with Crippen molar-refractivity contribution in [2.75, 3.05) is 19.0 Å². The Morgan fingerprint density at radius 2 is 2.05 bits per heavy atom. The number of anilines is 2. The van der Waals surface area contributed by atoms with E-state index < -0.39 is 0 Å². The molecule has 1 aromatic heterocycles. The van der Waals surface area contributed by atoms with Crippen LogP contribution in [0.4, 0.5) is 11.5 Å². The first-order valence-corrected chi connectivity index (χ1v) is 6.96. The largest absolute Gasteiger partial charge is 0.384 e. The predicted molar refractivity (Wildman–Crippen MR) is 82.0 cm³/mol. The lowest BCUT2D eigenvalue weighted by atomic mass is 10.1. The van der Waals surface area contributed by atoms with Crippen molar-refractivity contribution >= 4 is 27.4 Å². The Bertz CT molecular complexity index is 558. The molecule has 0 bridgehead atoms. The molecule has 0 amide bonds. The Morgan fingerprint density at radius 3 is 2.84 bits per heavy atom. The number of methoxy groups -OCH3 is 1. The highest BCUT2D eigenvalue weighted by Gasteiger charge is 2.07. The van der Waals surface area contributed by atoms with E-state index in [2.05, 4.69) is 38.4 Å². The lowest BCUT2D eigenvalue weighted by molar-refractivity contribution is 0.202. The van der Waals surface area contributed by atoms with Crippen LogP contribution in [0.1, 0.15) is 11.1 Å². The van der Waals surface area contributed by atoms with Crippen molar-refractivity contribution in [1.29, 1.82) is 0 Å². The number of ether oxygens (including phenoxy) is 1. The summed E-state index contributed by atoms with van der Waals surface area (Å²) in [5.41, 5.74) is 3.45. The van der Waals surface area contributed by atoms with Crippen LogP contribution >= 0.6 is 15.9 Å². The zero-order chi connectivity index (χ0) is 13.7. The van der Waals surface area contributed by atoms with Gasteiger partial charge in [0.1, 0.15) is 5.82 Å². The van der Waals surface area contributed by atoms with Gasteiger partial charge in [0.05, 0.1) is 11.1 Å². The van der Waals surface area contributed by atoms with E-state index in [1.165, 1.54) is 5.56 Å². The second-order valence-electron chi connectivity index (χ2n) is 4.32. The van der Waals surface area contributed by atoms with E-state index in [1.807, 2.05) is 25.1 Å².